The molecule has 1 unspecified atom stereocenters. The Kier molecular flexibility index (Phi) is 3.82. The van der Waals surface area contributed by atoms with Crippen LogP contribution in [0.25, 0.3) is 0 Å². The fourth-order valence-electron chi connectivity index (χ4n) is 1.29. The minimum absolute atomic E-state index is 0.368. The van der Waals surface area contributed by atoms with Gasteiger partial charge in [0, 0.05) is 11.3 Å². The Morgan fingerprint density at radius 1 is 1.44 bits per heavy atom. The average Bonchev–Trinajstić information content (AvgIpc) is 2.20. The Hall–Kier alpha value is -1.65. The van der Waals surface area contributed by atoms with E-state index in [2.05, 4.69) is 5.32 Å². The van der Waals surface area contributed by atoms with Crippen LogP contribution in [-0.2, 0) is 0 Å². The number of carbonyl (C=O) groups excluding carboxylic acids is 1. The third kappa shape index (κ3) is 2.92. The second kappa shape index (κ2) is 4.92. The summed E-state index contributed by atoms with van der Waals surface area (Å²) >= 11 is 0. The third-order valence-electron chi connectivity index (χ3n) is 2.27. The number of rotatable bonds is 4. The van der Waals surface area contributed by atoms with E-state index in [-0.39, 0.29) is 0 Å². The molecule has 1 aromatic carbocycles. The Bertz CT molecular complexity index is 394. The molecule has 0 spiro atoms. The van der Waals surface area contributed by atoms with Crippen molar-refractivity contribution < 1.29 is 13.6 Å². The number of carbonyl (C=O) groups is 1. The topological polar surface area (TPSA) is 55.1 Å². The molecule has 0 heterocycles. The fourth-order valence-corrected chi connectivity index (χ4v) is 1.29. The molecule has 1 amide bonds. The lowest BCUT2D eigenvalue weighted by molar-refractivity contribution is 0.1000. The number of aryl methyl sites for hydroxylation is 1. The number of benzene rings is 1. The summed E-state index contributed by atoms with van der Waals surface area (Å²) in [5.74, 6) is -0.531. The van der Waals surface area contributed by atoms with Gasteiger partial charge in [0.1, 0.15) is 0 Å². The zero-order valence-corrected chi connectivity index (χ0v) is 9.13. The van der Waals surface area contributed by atoms with Crippen LogP contribution in [0.3, 0.4) is 0 Å². The lowest BCUT2D eigenvalue weighted by Gasteiger charge is -2.16. The van der Waals surface area contributed by atoms with Gasteiger partial charge in [-0.3, -0.25) is 4.79 Å². The molecular weight excluding hydrogens is 214 g/mol. The molecule has 3 nitrogen and oxygen atoms in total. The molecule has 0 aliphatic heterocycles. The molecule has 5 heteroatoms. The molecule has 16 heavy (non-hydrogen) atoms. The zero-order chi connectivity index (χ0) is 12.3. The van der Waals surface area contributed by atoms with Crippen LogP contribution in [0.15, 0.2) is 18.2 Å². The van der Waals surface area contributed by atoms with Crippen LogP contribution in [0, 0.1) is 6.92 Å². The second-order valence-electron chi connectivity index (χ2n) is 3.66. The first-order chi connectivity index (χ1) is 7.41. The molecule has 88 valence electrons. The van der Waals surface area contributed by atoms with Crippen molar-refractivity contribution in [2.24, 2.45) is 5.73 Å². The van der Waals surface area contributed by atoms with Gasteiger partial charge in [-0.1, -0.05) is 0 Å². The number of anilines is 1. The summed E-state index contributed by atoms with van der Waals surface area (Å²) in [5.41, 5.74) is 6.76. The molecule has 0 fully saturated rings. The summed E-state index contributed by atoms with van der Waals surface area (Å²) in [4.78, 5) is 10.9. The van der Waals surface area contributed by atoms with Crippen molar-refractivity contribution in [3.8, 4) is 0 Å². The summed E-state index contributed by atoms with van der Waals surface area (Å²) in [7, 11) is 0. The second-order valence-corrected chi connectivity index (χ2v) is 3.66. The Morgan fingerprint density at radius 3 is 2.50 bits per heavy atom. The van der Waals surface area contributed by atoms with Crippen LogP contribution in [0.2, 0.25) is 0 Å². The highest BCUT2D eigenvalue weighted by Crippen LogP contribution is 2.18. The molecule has 0 aliphatic rings. The SMILES string of the molecule is Cc1cc(C(N)=O)ccc1NC(C)C(F)F. The highest BCUT2D eigenvalue weighted by atomic mass is 19.3. The Balaban J connectivity index is 2.87. The van der Waals surface area contributed by atoms with Crippen molar-refractivity contribution in [1.82, 2.24) is 0 Å². The van der Waals surface area contributed by atoms with E-state index < -0.39 is 18.4 Å². The summed E-state index contributed by atoms with van der Waals surface area (Å²) in [6.07, 6.45) is -2.43. The molecule has 0 aromatic heterocycles. The Morgan fingerprint density at radius 2 is 2.06 bits per heavy atom. The highest BCUT2D eigenvalue weighted by molar-refractivity contribution is 5.93. The van der Waals surface area contributed by atoms with Gasteiger partial charge in [0.25, 0.3) is 6.43 Å². The van der Waals surface area contributed by atoms with E-state index in [1.54, 1.807) is 19.1 Å². The number of hydrogen-bond acceptors (Lipinski definition) is 2. The number of primary amides is 1. The first kappa shape index (κ1) is 12.4. The van der Waals surface area contributed by atoms with Crippen LogP contribution in [-0.4, -0.2) is 18.4 Å². The summed E-state index contributed by atoms with van der Waals surface area (Å²) in [5, 5.41) is 2.67. The Labute approximate surface area is 92.6 Å². The largest absolute Gasteiger partial charge is 0.377 e. The van der Waals surface area contributed by atoms with Gasteiger partial charge >= 0.3 is 0 Å². The molecule has 0 saturated heterocycles. The molecular formula is C11H14F2N2O. The van der Waals surface area contributed by atoms with Crippen molar-refractivity contribution in [1.29, 1.82) is 0 Å². The van der Waals surface area contributed by atoms with Crippen LogP contribution >= 0.6 is 0 Å². The van der Waals surface area contributed by atoms with Crippen LogP contribution in [0.1, 0.15) is 22.8 Å². The fraction of sp³-hybridized carbons (Fsp3) is 0.364. The van der Waals surface area contributed by atoms with Gasteiger partial charge in [-0.15, -0.1) is 0 Å². The maximum Gasteiger partial charge on any atom is 0.258 e. The number of alkyl halides is 2. The summed E-state index contributed by atoms with van der Waals surface area (Å²) in [6, 6.07) is 3.73. The summed E-state index contributed by atoms with van der Waals surface area (Å²) in [6.45, 7) is 3.12. The van der Waals surface area contributed by atoms with Crippen molar-refractivity contribution in [2.45, 2.75) is 26.3 Å². The molecule has 1 atom stereocenters. The van der Waals surface area contributed by atoms with E-state index in [0.717, 1.165) is 0 Å². The number of hydrogen-bond donors (Lipinski definition) is 2. The number of halogens is 2. The first-order valence-corrected chi connectivity index (χ1v) is 4.87. The summed E-state index contributed by atoms with van der Waals surface area (Å²) < 4.78 is 24.6. The van der Waals surface area contributed by atoms with Gasteiger partial charge in [0.15, 0.2) is 0 Å². The van der Waals surface area contributed by atoms with Gasteiger partial charge in [-0.25, -0.2) is 8.78 Å². The van der Waals surface area contributed by atoms with Gasteiger partial charge in [-0.05, 0) is 37.6 Å². The van der Waals surface area contributed by atoms with E-state index in [0.29, 0.717) is 16.8 Å². The highest BCUT2D eigenvalue weighted by Gasteiger charge is 2.15. The van der Waals surface area contributed by atoms with Gasteiger partial charge in [-0.2, -0.15) is 0 Å². The lowest BCUT2D eigenvalue weighted by Crippen LogP contribution is -2.24. The maximum atomic E-state index is 12.3. The van der Waals surface area contributed by atoms with Crippen LogP contribution < -0.4 is 11.1 Å². The van der Waals surface area contributed by atoms with Crippen LogP contribution in [0.5, 0.6) is 0 Å². The maximum absolute atomic E-state index is 12.3. The van der Waals surface area contributed by atoms with Crippen molar-refractivity contribution in [3.05, 3.63) is 29.3 Å². The molecule has 3 N–H and O–H groups in total. The molecule has 0 bridgehead atoms. The molecule has 0 saturated carbocycles. The zero-order valence-electron chi connectivity index (χ0n) is 9.13. The minimum atomic E-state index is -2.43. The van der Waals surface area contributed by atoms with Gasteiger partial charge in [0.2, 0.25) is 5.91 Å². The van der Waals surface area contributed by atoms with E-state index in [4.69, 9.17) is 5.73 Å². The van der Waals surface area contributed by atoms with E-state index in [1.165, 1.54) is 13.0 Å². The quantitative estimate of drug-likeness (QED) is 0.829. The van der Waals surface area contributed by atoms with Crippen molar-refractivity contribution in [2.75, 3.05) is 5.32 Å². The predicted molar refractivity (Wildman–Crippen MR) is 58.8 cm³/mol. The average molecular weight is 228 g/mol. The molecule has 1 rings (SSSR count). The smallest absolute Gasteiger partial charge is 0.258 e. The first-order valence-electron chi connectivity index (χ1n) is 4.87. The molecule has 0 aliphatic carbocycles. The minimum Gasteiger partial charge on any atom is -0.377 e. The number of nitrogens with one attached hydrogen (secondary N) is 1. The van der Waals surface area contributed by atoms with Crippen molar-refractivity contribution >= 4 is 11.6 Å². The van der Waals surface area contributed by atoms with E-state index in [1.807, 2.05) is 0 Å². The molecule has 1 aromatic rings. The third-order valence-corrected chi connectivity index (χ3v) is 2.27. The predicted octanol–water partition coefficient (Wildman–Crippen LogP) is 2.16. The van der Waals surface area contributed by atoms with E-state index >= 15 is 0 Å². The number of amides is 1. The standard InChI is InChI=1S/C11H14F2N2O/c1-6-5-8(11(14)16)3-4-9(6)15-7(2)10(12)13/h3-5,7,10,15H,1-2H3,(H2,14,16). The monoisotopic (exact) mass is 228 g/mol. The molecule has 0 radical (unpaired) electrons. The normalized spacial score (nSPS) is 12.6. The van der Waals surface area contributed by atoms with Gasteiger partial charge < -0.3 is 11.1 Å². The lowest BCUT2D eigenvalue weighted by atomic mass is 10.1. The van der Waals surface area contributed by atoms with Crippen molar-refractivity contribution in [3.63, 3.8) is 0 Å². The van der Waals surface area contributed by atoms with E-state index in [9.17, 15) is 13.6 Å². The van der Waals surface area contributed by atoms with Crippen LogP contribution in [0.4, 0.5) is 14.5 Å². The van der Waals surface area contributed by atoms with Gasteiger partial charge in [0.05, 0.1) is 6.04 Å². The number of nitrogens with two attached hydrogens (primary N) is 1.